The summed E-state index contributed by atoms with van der Waals surface area (Å²) in [5.74, 6) is 0.675. The van der Waals surface area contributed by atoms with Gasteiger partial charge in [0, 0.05) is 25.4 Å². The second kappa shape index (κ2) is 6.90. The molecule has 0 N–H and O–H groups in total. The van der Waals surface area contributed by atoms with Gasteiger partial charge in [0.2, 0.25) is 5.88 Å². The largest absolute Gasteiger partial charge is 0.481 e. The van der Waals surface area contributed by atoms with Crippen LogP contribution in [0.3, 0.4) is 0 Å². The van der Waals surface area contributed by atoms with E-state index in [2.05, 4.69) is 47.3 Å². The van der Waals surface area contributed by atoms with Crippen molar-refractivity contribution in [3.05, 3.63) is 59.8 Å². The maximum absolute atomic E-state index is 5.14. The van der Waals surface area contributed by atoms with Crippen molar-refractivity contribution < 1.29 is 4.74 Å². The van der Waals surface area contributed by atoms with Crippen molar-refractivity contribution in [1.82, 2.24) is 9.88 Å². The first-order chi connectivity index (χ1) is 9.28. The molecule has 0 fully saturated rings. The van der Waals surface area contributed by atoms with Crippen LogP contribution < -0.4 is 4.74 Å². The van der Waals surface area contributed by atoms with Gasteiger partial charge < -0.3 is 9.64 Å². The minimum atomic E-state index is 0.675. The van der Waals surface area contributed by atoms with Crippen LogP contribution in [-0.4, -0.2) is 30.6 Å². The summed E-state index contributed by atoms with van der Waals surface area (Å²) in [7, 11) is 3.78. The number of rotatable bonds is 6. The monoisotopic (exact) mass is 256 g/mol. The molecule has 1 aromatic carbocycles. The molecule has 0 saturated carbocycles. The summed E-state index contributed by atoms with van der Waals surface area (Å²) in [6, 6.07) is 14.6. The van der Waals surface area contributed by atoms with E-state index in [4.69, 9.17) is 4.74 Å². The van der Waals surface area contributed by atoms with Gasteiger partial charge in [0.05, 0.1) is 7.11 Å². The first kappa shape index (κ1) is 13.6. The first-order valence-electron chi connectivity index (χ1n) is 6.49. The second-order valence-electron chi connectivity index (χ2n) is 4.68. The Morgan fingerprint density at radius 1 is 1.11 bits per heavy atom. The maximum atomic E-state index is 5.14. The Morgan fingerprint density at radius 3 is 2.63 bits per heavy atom. The molecule has 0 unspecified atom stereocenters. The Hall–Kier alpha value is -1.87. The molecule has 0 bridgehead atoms. The van der Waals surface area contributed by atoms with Crippen molar-refractivity contribution in [1.29, 1.82) is 0 Å². The third-order valence-corrected chi connectivity index (χ3v) is 3.09. The van der Waals surface area contributed by atoms with Crippen molar-refractivity contribution >= 4 is 0 Å². The fourth-order valence-electron chi connectivity index (χ4n) is 2.02. The Labute approximate surface area is 114 Å². The van der Waals surface area contributed by atoms with Crippen LogP contribution in [0.15, 0.2) is 48.7 Å². The maximum Gasteiger partial charge on any atom is 0.213 e. The standard InChI is InChI=1S/C16H20N2O/c1-18(11-9-14-6-4-3-5-7-14)13-15-8-10-17-16(12-15)19-2/h3-8,10,12H,9,11,13H2,1-2H3. The summed E-state index contributed by atoms with van der Waals surface area (Å²) >= 11 is 0. The van der Waals surface area contributed by atoms with Gasteiger partial charge in [-0.25, -0.2) is 4.98 Å². The van der Waals surface area contributed by atoms with Gasteiger partial charge in [0.1, 0.15) is 0 Å². The molecule has 100 valence electrons. The molecule has 0 aliphatic carbocycles. The predicted octanol–water partition coefficient (Wildman–Crippen LogP) is 2.76. The molecule has 1 aromatic heterocycles. The van der Waals surface area contributed by atoms with Crippen LogP contribution in [0.5, 0.6) is 5.88 Å². The van der Waals surface area contributed by atoms with Crippen LogP contribution in [0.2, 0.25) is 0 Å². The highest BCUT2D eigenvalue weighted by atomic mass is 16.5. The van der Waals surface area contributed by atoms with Crippen LogP contribution in [0.25, 0.3) is 0 Å². The average Bonchev–Trinajstić information content (AvgIpc) is 2.46. The summed E-state index contributed by atoms with van der Waals surface area (Å²) in [6.07, 6.45) is 2.86. The molecular formula is C16H20N2O. The summed E-state index contributed by atoms with van der Waals surface area (Å²) in [6.45, 7) is 1.94. The molecule has 0 saturated heterocycles. The van der Waals surface area contributed by atoms with Gasteiger partial charge in [-0.05, 0) is 30.7 Å². The second-order valence-corrected chi connectivity index (χ2v) is 4.68. The fourth-order valence-corrected chi connectivity index (χ4v) is 2.02. The molecule has 0 aliphatic rings. The zero-order valence-corrected chi connectivity index (χ0v) is 11.5. The lowest BCUT2D eigenvalue weighted by molar-refractivity contribution is 0.329. The number of pyridine rings is 1. The Morgan fingerprint density at radius 2 is 1.89 bits per heavy atom. The molecule has 0 aliphatic heterocycles. The molecule has 19 heavy (non-hydrogen) atoms. The Balaban J connectivity index is 1.85. The van der Waals surface area contributed by atoms with E-state index in [0.29, 0.717) is 5.88 Å². The number of likely N-dealkylation sites (N-methyl/N-ethyl adjacent to an activating group) is 1. The van der Waals surface area contributed by atoms with Gasteiger partial charge in [-0.1, -0.05) is 30.3 Å². The van der Waals surface area contributed by atoms with Crippen LogP contribution in [0.1, 0.15) is 11.1 Å². The van der Waals surface area contributed by atoms with Gasteiger partial charge >= 0.3 is 0 Å². The number of ether oxygens (including phenoxy) is 1. The highest BCUT2D eigenvalue weighted by molar-refractivity contribution is 5.20. The SMILES string of the molecule is COc1cc(CN(C)CCc2ccccc2)ccn1. The normalized spacial score (nSPS) is 10.7. The third kappa shape index (κ3) is 4.38. The summed E-state index contributed by atoms with van der Waals surface area (Å²) in [4.78, 5) is 6.43. The highest BCUT2D eigenvalue weighted by Gasteiger charge is 2.02. The van der Waals surface area contributed by atoms with Crippen LogP contribution in [0, 0.1) is 0 Å². The Kier molecular flexibility index (Phi) is 4.93. The van der Waals surface area contributed by atoms with Crippen molar-refractivity contribution in [2.45, 2.75) is 13.0 Å². The number of hydrogen-bond donors (Lipinski definition) is 0. The van der Waals surface area contributed by atoms with Crippen LogP contribution in [0.4, 0.5) is 0 Å². The van der Waals surface area contributed by atoms with Crippen LogP contribution >= 0.6 is 0 Å². The number of aromatic nitrogens is 1. The molecule has 2 aromatic rings. The van der Waals surface area contributed by atoms with Gasteiger partial charge in [-0.3, -0.25) is 0 Å². The van der Waals surface area contributed by atoms with Crippen LogP contribution in [-0.2, 0) is 13.0 Å². The van der Waals surface area contributed by atoms with E-state index in [1.54, 1.807) is 13.3 Å². The summed E-state index contributed by atoms with van der Waals surface area (Å²) in [5, 5.41) is 0. The quantitative estimate of drug-likeness (QED) is 0.794. The smallest absolute Gasteiger partial charge is 0.213 e. The van der Waals surface area contributed by atoms with Gasteiger partial charge in [-0.2, -0.15) is 0 Å². The Bertz CT molecular complexity index is 499. The summed E-state index contributed by atoms with van der Waals surface area (Å²) < 4.78 is 5.14. The number of hydrogen-bond acceptors (Lipinski definition) is 3. The minimum Gasteiger partial charge on any atom is -0.481 e. The topological polar surface area (TPSA) is 25.4 Å². The van der Waals surface area contributed by atoms with Gasteiger partial charge in [0.15, 0.2) is 0 Å². The summed E-state index contributed by atoms with van der Waals surface area (Å²) in [5.41, 5.74) is 2.60. The molecule has 1 heterocycles. The zero-order chi connectivity index (χ0) is 13.5. The number of benzene rings is 1. The van der Waals surface area contributed by atoms with E-state index in [1.807, 2.05) is 12.1 Å². The van der Waals surface area contributed by atoms with E-state index in [0.717, 1.165) is 19.5 Å². The van der Waals surface area contributed by atoms with Crippen molar-refractivity contribution in [3.63, 3.8) is 0 Å². The van der Waals surface area contributed by atoms with E-state index < -0.39 is 0 Å². The fraction of sp³-hybridized carbons (Fsp3) is 0.312. The van der Waals surface area contributed by atoms with Crippen molar-refractivity contribution in [2.24, 2.45) is 0 Å². The van der Waals surface area contributed by atoms with E-state index in [9.17, 15) is 0 Å². The number of nitrogens with zero attached hydrogens (tertiary/aromatic N) is 2. The lowest BCUT2D eigenvalue weighted by Gasteiger charge is -2.16. The average molecular weight is 256 g/mol. The molecule has 3 nitrogen and oxygen atoms in total. The predicted molar refractivity (Wildman–Crippen MR) is 77.3 cm³/mol. The lowest BCUT2D eigenvalue weighted by Crippen LogP contribution is -2.20. The zero-order valence-electron chi connectivity index (χ0n) is 11.5. The number of methoxy groups -OCH3 is 1. The minimum absolute atomic E-state index is 0.675. The van der Waals surface area contributed by atoms with Gasteiger partial charge in [-0.15, -0.1) is 0 Å². The lowest BCUT2D eigenvalue weighted by atomic mass is 10.1. The van der Waals surface area contributed by atoms with E-state index in [-0.39, 0.29) is 0 Å². The van der Waals surface area contributed by atoms with Gasteiger partial charge in [0.25, 0.3) is 0 Å². The highest BCUT2D eigenvalue weighted by Crippen LogP contribution is 2.10. The molecule has 3 heteroatoms. The molecule has 0 amide bonds. The third-order valence-electron chi connectivity index (χ3n) is 3.09. The van der Waals surface area contributed by atoms with E-state index >= 15 is 0 Å². The molecule has 0 spiro atoms. The molecular weight excluding hydrogens is 236 g/mol. The van der Waals surface area contributed by atoms with Crippen molar-refractivity contribution in [3.8, 4) is 5.88 Å². The molecule has 2 rings (SSSR count). The van der Waals surface area contributed by atoms with E-state index in [1.165, 1.54) is 11.1 Å². The molecule has 0 atom stereocenters. The van der Waals surface area contributed by atoms with Crippen molar-refractivity contribution in [2.75, 3.05) is 20.7 Å². The molecule has 0 radical (unpaired) electrons. The first-order valence-corrected chi connectivity index (χ1v) is 6.49.